The van der Waals surface area contributed by atoms with Crippen LogP contribution >= 0.6 is 0 Å². The molecule has 1 aliphatic heterocycles. The molecule has 0 atom stereocenters. The maximum absolute atomic E-state index is 14.6. The number of imidazole rings is 1. The first-order valence-electron chi connectivity index (χ1n) is 11.9. The van der Waals surface area contributed by atoms with E-state index in [-0.39, 0.29) is 11.4 Å². The number of amides is 1. The summed E-state index contributed by atoms with van der Waals surface area (Å²) < 4.78 is 16.4. The van der Waals surface area contributed by atoms with Gasteiger partial charge in [0.1, 0.15) is 19.4 Å². The average molecular weight is 448 g/mol. The summed E-state index contributed by atoms with van der Waals surface area (Å²) in [6, 6.07) is 13.1. The monoisotopic (exact) mass is 448 g/mol. The Kier molecular flexibility index (Phi) is 4.11. The fourth-order valence-corrected chi connectivity index (χ4v) is 5.50. The first-order valence-corrected chi connectivity index (χ1v) is 11.9. The van der Waals surface area contributed by atoms with Gasteiger partial charge in [-0.15, -0.1) is 0 Å². The van der Waals surface area contributed by atoms with Crippen LogP contribution in [0.5, 0.6) is 0 Å². The van der Waals surface area contributed by atoms with Gasteiger partial charge in [0.05, 0.1) is 16.9 Å². The summed E-state index contributed by atoms with van der Waals surface area (Å²) in [6.45, 7) is 0.695. The first-order chi connectivity index (χ1) is 16.5. The molecule has 5 nitrogen and oxygen atoms in total. The Labute approximate surface area is 198 Å². The summed E-state index contributed by atoms with van der Waals surface area (Å²) in [4.78, 5) is 25.4. The lowest BCUT2D eigenvalue weighted by Gasteiger charge is -2.38. The molecule has 166 valence electrons. The van der Waals surface area contributed by atoms with Gasteiger partial charge in [-0.25, -0.2) is 14.4 Å². The maximum Gasteiger partial charge on any atom is 0.274 e. The first kappa shape index (κ1) is 19.9. The Bertz CT molecular complexity index is 1490. The van der Waals surface area contributed by atoms with Crippen molar-refractivity contribution in [1.82, 2.24) is 19.3 Å². The Hall–Kier alpha value is -3.48. The van der Waals surface area contributed by atoms with Gasteiger partial charge in [0.25, 0.3) is 5.91 Å². The van der Waals surface area contributed by atoms with Crippen molar-refractivity contribution in [2.75, 3.05) is 6.54 Å². The van der Waals surface area contributed by atoms with Crippen LogP contribution in [-0.2, 0) is 12.0 Å². The average Bonchev–Trinajstić information content (AvgIpc) is 3.77. The zero-order valence-electron chi connectivity index (χ0n) is 18.7. The van der Waals surface area contributed by atoms with Crippen LogP contribution in [0.15, 0.2) is 54.9 Å². The molecule has 0 bridgehead atoms. The van der Waals surface area contributed by atoms with E-state index < -0.39 is 5.82 Å². The van der Waals surface area contributed by atoms with Gasteiger partial charge in [-0.05, 0) is 49.3 Å². The van der Waals surface area contributed by atoms with E-state index in [1.54, 1.807) is 24.5 Å². The normalized spacial score (nSPS) is 18.3. The number of fused-ring (bicyclic) bond motifs is 3. The number of halogens is 1. The van der Waals surface area contributed by atoms with Gasteiger partial charge in [-0.1, -0.05) is 41.9 Å². The van der Waals surface area contributed by atoms with Crippen molar-refractivity contribution in [3.8, 4) is 11.3 Å². The van der Waals surface area contributed by atoms with Crippen LogP contribution < -0.4 is 5.46 Å². The highest BCUT2D eigenvalue weighted by molar-refractivity contribution is 6.32. The standard InChI is InChI=1S/C27H22BFN4O/c28-18-7-8-19(21(29)13-18)22-14-32-15-23(30-24(17-5-6-17)25(32)31-22)26(34)33-12-9-16-3-1-2-4-20(16)27(33)10-11-27/h1-4,7-8,13-15,17H,5-6,9-12H2. The summed E-state index contributed by atoms with van der Waals surface area (Å²) >= 11 is 0. The second kappa shape index (κ2) is 7.01. The van der Waals surface area contributed by atoms with Crippen molar-refractivity contribution >= 4 is 24.9 Å². The molecule has 3 aliphatic rings. The van der Waals surface area contributed by atoms with Gasteiger partial charge in [0.2, 0.25) is 0 Å². The number of carbonyl (C=O) groups excluding carboxylic acids is 1. The van der Waals surface area contributed by atoms with Gasteiger partial charge in [0.15, 0.2) is 5.65 Å². The molecule has 7 heteroatoms. The van der Waals surface area contributed by atoms with Crippen molar-refractivity contribution in [3.63, 3.8) is 0 Å². The molecule has 7 rings (SSSR count). The highest BCUT2D eigenvalue weighted by Crippen LogP contribution is 2.54. The molecule has 0 saturated heterocycles. The van der Waals surface area contributed by atoms with Gasteiger partial charge >= 0.3 is 0 Å². The molecule has 34 heavy (non-hydrogen) atoms. The van der Waals surface area contributed by atoms with E-state index in [1.807, 2.05) is 9.30 Å². The molecule has 2 aliphatic carbocycles. The summed E-state index contributed by atoms with van der Waals surface area (Å²) in [7, 11) is 5.72. The van der Waals surface area contributed by atoms with E-state index in [9.17, 15) is 9.18 Å². The minimum atomic E-state index is -0.414. The lowest BCUT2D eigenvalue weighted by atomic mass is 9.90. The number of aromatic nitrogens is 3. The Morgan fingerprint density at radius 2 is 1.91 bits per heavy atom. The molecular formula is C27H22BFN4O. The Balaban J connectivity index is 1.32. The predicted molar refractivity (Wildman–Crippen MR) is 128 cm³/mol. The summed E-state index contributed by atoms with van der Waals surface area (Å²) in [5.74, 6) is -0.160. The fourth-order valence-electron chi connectivity index (χ4n) is 5.50. The van der Waals surface area contributed by atoms with Crippen molar-refractivity contribution in [1.29, 1.82) is 0 Å². The van der Waals surface area contributed by atoms with Crippen LogP contribution in [0, 0.1) is 5.82 Å². The highest BCUT2D eigenvalue weighted by atomic mass is 19.1. The quantitative estimate of drug-likeness (QED) is 0.447. The van der Waals surface area contributed by atoms with Gasteiger partial charge in [-0.2, -0.15) is 0 Å². The molecule has 2 fully saturated rings. The number of hydrogen-bond donors (Lipinski definition) is 0. The van der Waals surface area contributed by atoms with Crippen molar-refractivity contribution in [2.24, 2.45) is 0 Å². The zero-order chi connectivity index (χ0) is 23.0. The van der Waals surface area contributed by atoms with E-state index in [0.29, 0.717) is 40.5 Å². The topological polar surface area (TPSA) is 50.5 Å². The largest absolute Gasteiger partial charge is 0.327 e. The minimum Gasteiger partial charge on any atom is -0.327 e. The Morgan fingerprint density at radius 1 is 1.09 bits per heavy atom. The number of hydrogen-bond acceptors (Lipinski definition) is 3. The highest BCUT2D eigenvalue weighted by Gasteiger charge is 2.54. The number of carbonyl (C=O) groups is 1. The SMILES string of the molecule is [B]c1ccc(-c2cn3cc(C(=O)N4CCc5ccccc5C45CC5)nc(C4CC4)c3n2)c(F)c1. The van der Waals surface area contributed by atoms with E-state index in [4.69, 9.17) is 17.8 Å². The lowest BCUT2D eigenvalue weighted by Crippen LogP contribution is -2.45. The molecule has 0 unspecified atom stereocenters. The number of nitrogens with zero attached hydrogens (tertiary/aromatic N) is 4. The maximum atomic E-state index is 14.6. The third-order valence-electron chi connectivity index (χ3n) is 7.52. The van der Waals surface area contributed by atoms with E-state index in [1.165, 1.54) is 17.2 Å². The van der Waals surface area contributed by atoms with E-state index >= 15 is 0 Å². The zero-order valence-corrected chi connectivity index (χ0v) is 18.7. The molecule has 2 aromatic heterocycles. The molecule has 2 radical (unpaired) electrons. The van der Waals surface area contributed by atoms with Crippen LogP contribution in [0.25, 0.3) is 16.9 Å². The van der Waals surface area contributed by atoms with E-state index in [2.05, 4.69) is 24.3 Å². The van der Waals surface area contributed by atoms with Crippen LogP contribution in [0.2, 0.25) is 0 Å². The molecule has 1 amide bonds. The van der Waals surface area contributed by atoms with Crippen molar-refractivity contribution in [2.45, 2.75) is 43.6 Å². The summed E-state index contributed by atoms with van der Waals surface area (Å²) in [6.07, 6.45) is 8.42. The van der Waals surface area contributed by atoms with Gasteiger partial charge in [-0.3, -0.25) is 4.79 Å². The summed E-state index contributed by atoms with van der Waals surface area (Å²) in [5, 5.41) is 0. The molecule has 2 aromatic carbocycles. The third kappa shape index (κ3) is 2.95. The molecular weight excluding hydrogens is 426 g/mol. The van der Waals surface area contributed by atoms with Crippen LogP contribution in [0.3, 0.4) is 0 Å². The molecule has 1 spiro atoms. The second-order valence-electron chi connectivity index (χ2n) is 9.78. The fraction of sp³-hybridized carbons (Fsp3) is 0.296. The molecule has 4 aromatic rings. The third-order valence-corrected chi connectivity index (χ3v) is 7.52. The van der Waals surface area contributed by atoms with Crippen molar-refractivity contribution < 1.29 is 9.18 Å². The van der Waals surface area contributed by atoms with Crippen LogP contribution in [-0.4, -0.2) is 39.6 Å². The predicted octanol–water partition coefficient (Wildman–Crippen LogP) is 3.89. The second-order valence-corrected chi connectivity index (χ2v) is 9.78. The lowest BCUT2D eigenvalue weighted by molar-refractivity contribution is 0.0619. The Morgan fingerprint density at radius 3 is 2.68 bits per heavy atom. The molecule has 0 N–H and O–H groups in total. The van der Waals surface area contributed by atoms with Crippen molar-refractivity contribution in [3.05, 3.63) is 83.2 Å². The summed E-state index contributed by atoms with van der Waals surface area (Å²) in [5.41, 5.74) is 5.64. The number of benzene rings is 2. The van der Waals surface area contributed by atoms with E-state index in [0.717, 1.165) is 37.8 Å². The number of rotatable bonds is 3. The smallest absolute Gasteiger partial charge is 0.274 e. The van der Waals surface area contributed by atoms with Gasteiger partial charge < -0.3 is 9.30 Å². The minimum absolute atomic E-state index is 0.0373. The van der Waals surface area contributed by atoms with Gasteiger partial charge in [0, 0.05) is 30.4 Å². The molecule has 3 heterocycles. The van der Waals surface area contributed by atoms with Crippen LogP contribution in [0.1, 0.15) is 58.9 Å². The van der Waals surface area contributed by atoms with Crippen LogP contribution in [0.4, 0.5) is 4.39 Å². The molecule has 2 saturated carbocycles.